The molecule has 0 aliphatic heterocycles. The molecular formula is C19H13BrCl2F2N6O. The fourth-order valence-electron chi connectivity index (χ4n) is 2.99. The summed E-state index contributed by atoms with van der Waals surface area (Å²) in [5.74, 6) is -0.319. The van der Waals surface area contributed by atoms with Crippen LogP contribution in [-0.4, -0.2) is 30.3 Å². The lowest BCUT2D eigenvalue weighted by atomic mass is 10.2. The van der Waals surface area contributed by atoms with E-state index in [4.69, 9.17) is 23.2 Å². The Morgan fingerprint density at radius 2 is 2.03 bits per heavy atom. The average Bonchev–Trinajstić information content (AvgIpc) is 3.27. The Hall–Kier alpha value is -2.56. The minimum absolute atomic E-state index is 0.0409. The van der Waals surface area contributed by atoms with Gasteiger partial charge in [0.15, 0.2) is 11.5 Å². The molecule has 0 spiro atoms. The van der Waals surface area contributed by atoms with Gasteiger partial charge in [0, 0.05) is 11.9 Å². The lowest BCUT2D eigenvalue weighted by Crippen LogP contribution is -2.14. The van der Waals surface area contributed by atoms with E-state index in [1.54, 1.807) is 29.9 Å². The number of alkyl halides is 2. The van der Waals surface area contributed by atoms with Crippen LogP contribution < -0.4 is 5.32 Å². The van der Waals surface area contributed by atoms with Crippen LogP contribution in [0.4, 0.5) is 14.6 Å². The van der Waals surface area contributed by atoms with Gasteiger partial charge in [0.05, 0.1) is 27.3 Å². The summed E-state index contributed by atoms with van der Waals surface area (Å²) in [7, 11) is 0. The van der Waals surface area contributed by atoms with Crippen LogP contribution in [-0.2, 0) is 6.54 Å². The van der Waals surface area contributed by atoms with Gasteiger partial charge in [-0.25, -0.2) is 18.3 Å². The molecule has 12 heteroatoms. The van der Waals surface area contributed by atoms with Crippen LogP contribution in [0.2, 0.25) is 10.0 Å². The smallest absolute Gasteiger partial charge is 0.280 e. The van der Waals surface area contributed by atoms with Gasteiger partial charge in [-0.3, -0.25) is 9.48 Å². The Bertz CT molecular complexity index is 1310. The molecule has 0 aliphatic carbocycles. The topological polar surface area (TPSA) is 77.1 Å². The van der Waals surface area contributed by atoms with E-state index in [0.29, 0.717) is 26.8 Å². The Kier molecular flexibility index (Phi) is 5.96. The van der Waals surface area contributed by atoms with E-state index in [2.05, 4.69) is 36.4 Å². The third-order valence-electron chi connectivity index (χ3n) is 4.37. The molecule has 0 radical (unpaired) electrons. The molecule has 1 amide bonds. The summed E-state index contributed by atoms with van der Waals surface area (Å²) in [5, 5.41) is 11.8. The maximum atomic E-state index is 13.3. The highest BCUT2D eigenvalue weighted by Gasteiger charge is 2.21. The Balaban J connectivity index is 1.59. The summed E-state index contributed by atoms with van der Waals surface area (Å²) < 4.78 is 29.7. The number of aromatic nitrogens is 5. The minimum Gasteiger partial charge on any atom is -0.304 e. The second-order valence-electron chi connectivity index (χ2n) is 6.64. The molecule has 31 heavy (non-hydrogen) atoms. The lowest BCUT2D eigenvalue weighted by Gasteiger charge is -2.06. The average molecular weight is 530 g/mol. The van der Waals surface area contributed by atoms with Crippen molar-refractivity contribution >= 4 is 56.5 Å². The third kappa shape index (κ3) is 4.41. The number of nitrogens with zero attached hydrogens (tertiary/aromatic N) is 5. The van der Waals surface area contributed by atoms with Crippen molar-refractivity contribution in [1.29, 1.82) is 0 Å². The predicted octanol–water partition coefficient (Wildman–Crippen LogP) is 5.54. The highest BCUT2D eigenvalue weighted by molar-refractivity contribution is 9.10. The van der Waals surface area contributed by atoms with Crippen LogP contribution in [0.3, 0.4) is 0 Å². The molecular weight excluding hydrogens is 517 g/mol. The summed E-state index contributed by atoms with van der Waals surface area (Å²) in [6, 6.07) is 6.46. The molecule has 3 aromatic heterocycles. The van der Waals surface area contributed by atoms with Crippen molar-refractivity contribution in [2.45, 2.75) is 19.9 Å². The van der Waals surface area contributed by atoms with Gasteiger partial charge < -0.3 is 5.32 Å². The van der Waals surface area contributed by atoms with Crippen LogP contribution in [0, 0.1) is 6.92 Å². The molecule has 0 fully saturated rings. The lowest BCUT2D eigenvalue weighted by molar-refractivity contribution is 0.102. The SMILES string of the molecule is Cc1cc(C(F)F)n2ncc(C(=O)Nc3nn(Cc4ccc(Cl)c(Cl)c4)cc3Br)c2n1. The van der Waals surface area contributed by atoms with E-state index in [9.17, 15) is 13.6 Å². The maximum Gasteiger partial charge on any atom is 0.280 e. The van der Waals surface area contributed by atoms with Crippen molar-refractivity contribution in [3.8, 4) is 0 Å². The molecule has 160 valence electrons. The minimum atomic E-state index is -2.76. The number of hydrogen-bond acceptors (Lipinski definition) is 4. The Morgan fingerprint density at radius 1 is 1.26 bits per heavy atom. The van der Waals surface area contributed by atoms with E-state index < -0.39 is 12.3 Å². The van der Waals surface area contributed by atoms with E-state index in [1.807, 2.05) is 6.07 Å². The quantitative estimate of drug-likeness (QED) is 0.368. The molecule has 3 heterocycles. The van der Waals surface area contributed by atoms with E-state index in [0.717, 1.165) is 10.1 Å². The molecule has 1 N–H and O–H groups in total. The first kappa shape index (κ1) is 21.7. The number of nitrogens with one attached hydrogen (secondary N) is 1. The fourth-order valence-corrected chi connectivity index (χ4v) is 3.73. The standard InChI is InChI=1S/C19H13BrCl2F2N6O/c1-9-4-15(16(23)24)30-18(26-9)11(6-25-30)19(31)27-17-12(20)8-29(28-17)7-10-2-3-13(21)14(22)5-10/h2-6,8,16H,7H2,1H3,(H,27,28,31). The number of fused-ring (bicyclic) bond motifs is 1. The molecule has 0 bridgehead atoms. The molecule has 4 aromatic rings. The summed E-state index contributed by atoms with van der Waals surface area (Å²) in [6.07, 6.45) is 0.126. The number of carbonyl (C=O) groups excluding carboxylic acids is 1. The summed E-state index contributed by atoms with van der Waals surface area (Å²) in [5.41, 5.74) is 0.970. The monoisotopic (exact) mass is 528 g/mol. The number of anilines is 1. The van der Waals surface area contributed by atoms with Crippen molar-refractivity contribution in [2.75, 3.05) is 5.32 Å². The van der Waals surface area contributed by atoms with Gasteiger partial charge >= 0.3 is 0 Å². The van der Waals surface area contributed by atoms with Gasteiger partial charge in [0.25, 0.3) is 12.3 Å². The number of carbonyl (C=O) groups is 1. The zero-order valence-corrected chi connectivity index (χ0v) is 18.9. The van der Waals surface area contributed by atoms with Crippen molar-refractivity contribution in [3.05, 3.63) is 73.7 Å². The zero-order chi connectivity index (χ0) is 22.3. The van der Waals surface area contributed by atoms with Gasteiger partial charge in [-0.05, 0) is 46.6 Å². The van der Waals surface area contributed by atoms with Crippen LogP contribution in [0.5, 0.6) is 0 Å². The number of rotatable bonds is 5. The predicted molar refractivity (Wildman–Crippen MR) is 116 cm³/mol. The first-order valence-corrected chi connectivity index (χ1v) is 10.4. The van der Waals surface area contributed by atoms with Crippen LogP contribution in [0.15, 0.2) is 41.1 Å². The molecule has 4 rings (SSSR count). The number of amides is 1. The first-order chi connectivity index (χ1) is 14.7. The van der Waals surface area contributed by atoms with Crippen molar-refractivity contribution in [1.82, 2.24) is 24.4 Å². The van der Waals surface area contributed by atoms with Crippen LogP contribution in [0.25, 0.3) is 5.65 Å². The van der Waals surface area contributed by atoms with Gasteiger partial charge in [-0.15, -0.1) is 0 Å². The highest BCUT2D eigenvalue weighted by Crippen LogP contribution is 2.26. The fraction of sp³-hybridized carbons (Fsp3) is 0.158. The highest BCUT2D eigenvalue weighted by atomic mass is 79.9. The second-order valence-corrected chi connectivity index (χ2v) is 8.31. The van der Waals surface area contributed by atoms with Gasteiger partial charge in [-0.2, -0.15) is 10.2 Å². The van der Waals surface area contributed by atoms with Crippen molar-refractivity contribution in [2.24, 2.45) is 0 Å². The first-order valence-electron chi connectivity index (χ1n) is 8.84. The molecule has 1 aromatic carbocycles. The number of aryl methyl sites for hydroxylation is 1. The van der Waals surface area contributed by atoms with Crippen LogP contribution in [0.1, 0.15) is 33.7 Å². The van der Waals surface area contributed by atoms with Crippen molar-refractivity contribution < 1.29 is 13.6 Å². The van der Waals surface area contributed by atoms with Gasteiger partial charge in [0.2, 0.25) is 0 Å². The Labute approximate surface area is 193 Å². The molecule has 0 aliphatic rings. The van der Waals surface area contributed by atoms with Crippen LogP contribution >= 0.6 is 39.1 Å². The number of benzene rings is 1. The molecule has 0 saturated heterocycles. The van der Waals surface area contributed by atoms with E-state index >= 15 is 0 Å². The molecule has 7 nitrogen and oxygen atoms in total. The molecule has 0 unspecified atom stereocenters. The van der Waals surface area contributed by atoms with E-state index in [1.165, 1.54) is 12.3 Å². The summed E-state index contributed by atoms with van der Waals surface area (Å²) >= 11 is 15.3. The largest absolute Gasteiger partial charge is 0.304 e. The molecule has 0 atom stereocenters. The summed E-state index contributed by atoms with van der Waals surface area (Å²) in [4.78, 5) is 17.0. The maximum absolute atomic E-state index is 13.3. The van der Waals surface area contributed by atoms with Crippen molar-refractivity contribution in [3.63, 3.8) is 0 Å². The summed E-state index contributed by atoms with van der Waals surface area (Å²) in [6.45, 7) is 1.96. The Morgan fingerprint density at radius 3 is 2.74 bits per heavy atom. The van der Waals surface area contributed by atoms with E-state index in [-0.39, 0.29) is 22.7 Å². The second kappa shape index (κ2) is 8.52. The van der Waals surface area contributed by atoms with Gasteiger partial charge in [-0.1, -0.05) is 29.3 Å². The number of halogens is 5. The number of hydrogen-bond donors (Lipinski definition) is 1. The van der Waals surface area contributed by atoms with Gasteiger partial charge in [0.1, 0.15) is 11.3 Å². The third-order valence-corrected chi connectivity index (χ3v) is 5.69. The normalized spacial score (nSPS) is 11.5. The molecule has 0 saturated carbocycles. The zero-order valence-electron chi connectivity index (χ0n) is 15.8.